The standard InChI is InChI=1S/C26H32Cl4N2O4/c1-26(35,17-11-19(28)20(29)12-22(17)33)15-3-6-31-24(9-15)36-23-13-21(30)18(27)10-16(23)25(34)14-4-7-32(2)8-5-14/h10-15,24-25,31,33-35H,3-9H2,1-2H3/t15?,24?,25-,26?/m1/s1. The minimum Gasteiger partial charge on any atom is -0.508 e. The van der Waals surface area contributed by atoms with E-state index < -0.39 is 17.9 Å². The summed E-state index contributed by atoms with van der Waals surface area (Å²) in [6.07, 6.45) is 1.64. The molecule has 2 aromatic carbocycles. The van der Waals surface area contributed by atoms with Crippen LogP contribution in [-0.2, 0) is 5.60 Å². The van der Waals surface area contributed by atoms with Crippen LogP contribution >= 0.6 is 46.4 Å². The SMILES string of the molecule is CN1CCC([C@@H](O)c2cc(Cl)c(Cl)cc2OC2CC(C(C)(O)c3cc(Cl)c(Cl)cc3O)CCN2)CC1. The number of likely N-dealkylation sites (tertiary alicyclic amines) is 1. The second kappa shape index (κ2) is 11.4. The lowest BCUT2D eigenvalue weighted by atomic mass is 9.77. The summed E-state index contributed by atoms with van der Waals surface area (Å²) in [4.78, 5) is 2.25. The van der Waals surface area contributed by atoms with Crippen molar-refractivity contribution in [2.75, 3.05) is 26.7 Å². The van der Waals surface area contributed by atoms with Crippen molar-refractivity contribution in [2.45, 2.75) is 50.5 Å². The Kier molecular flexibility index (Phi) is 8.90. The molecule has 10 heteroatoms. The summed E-state index contributed by atoms with van der Waals surface area (Å²) in [7, 11) is 2.08. The van der Waals surface area contributed by atoms with E-state index in [9.17, 15) is 15.3 Å². The molecule has 0 aliphatic carbocycles. The number of phenols is 1. The van der Waals surface area contributed by atoms with Gasteiger partial charge >= 0.3 is 0 Å². The lowest BCUT2D eigenvalue weighted by Crippen LogP contribution is -2.47. The first kappa shape index (κ1) is 28.1. The summed E-state index contributed by atoms with van der Waals surface area (Å²) in [5.41, 5.74) is -0.455. The number of benzene rings is 2. The number of nitrogens with zero attached hydrogens (tertiary/aromatic N) is 1. The van der Waals surface area contributed by atoms with Crippen LogP contribution in [0.3, 0.4) is 0 Å². The lowest BCUT2D eigenvalue weighted by Gasteiger charge is -2.40. The second-order valence-corrected chi connectivity index (χ2v) is 11.7. The summed E-state index contributed by atoms with van der Waals surface area (Å²) < 4.78 is 6.34. The maximum Gasteiger partial charge on any atom is 0.150 e. The van der Waals surface area contributed by atoms with Crippen LogP contribution in [0.4, 0.5) is 0 Å². The largest absolute Gasteiger partial charge is 0.508 e. The molecule has 4 atom stereocenters. The average molecular weight is 578 g/mol. The quantitative estimate of drug-likeness (QED) is 0.337. The number of piperidine rings is 2. The normalized spacial score (nSPS) is 24.3. The van der Waals surface area contributed by atoms with Crippen molar-refractivity contribution in [1.82, 2.24) is 10.2 Å². The summed E-state index contributed by atoms with van der Waals surface area (Å²) in [5.74, 6) is 0.188. The van der Waals surface area contributed by atoms with Crippen molar-refractivity contribution < 1.29 is 20.1 Å². The zero-order valence-electron chi connectivity index (χ0n) is 20.3. The maximum atomic E-state index is 11.5. The molecule has 0 radical (unpaired) electrons. The molecule has 2 aliphatic rings. The van der Waals surface area contributed by atoms with Crippen LogP contribution in [0.1, 0.15) is 49.8 Å². The number of ether oxygens (including phenoxy) is 1. The lowest BCUT2D eigenvalue weighted by molar-refractivity contribution is -0.0471. The Morgan fingerprint density at radius 1 is 1.00 bits per heavy atom. The van der Waals surface area contributed by atoms with E-state index in [1.54, 1.807) is 19.1 Å². The number of aliphatic hydroxyl groups is 2. The third-order valence-electron chi connectivity index (χ3n) is 7.59. The molecule has 2 aliphatic heterocycles. The molecule has 2 aromatic rings. The number of aliphatic hydroxyl groups excluding tert-OH is 1. The fourth-order valence-corrected chi connectivity index (χ4v) is 5.92. The van der Waals surface area contributed by atoms with Crippen LogP contribution in [-0.4, -0.2) is 53.1 Å². The maximum absolute atomic E-state index is 11.5. The van der Waals surface area contributed by atoms with Crippen LogP contribution in [0.15, 0.2) is 24.3 Å². The first-order valence-corrected chi connectivity index (χ1v) is 13.6. The highest BCUT2D eigenvalue weighted by molar-refractivity contribution is 6.42. The van der Waals surface area contributed by atoms with E-state index in [-0.39, 0.29) is 27.6 Å². The van der Waals surface area contributed by atoms with Crippen LogP contribution in [0, 0.1) is 11.8 Å². The number of hydrogen-bond donors (Lipinski definition) is 4. The van der Waals surface area contributed by atoms with Crippen molar-refractivity contribution in [3.8, 4) is 11.5 Å². The zero-order chi connectivity index (χ0) is 26.2. The summed E-state index contributed by atoms with van der Waals surface area (Å²) in [5, 5.41) is 37.7. The van der Waals surface area contributed by atoms with Crippen LogP contribution in [0.5, 0.6) is 11.5 Å². The molecule has 198 valence electrons. The highest BCUT2D eigenvalue weighted by atomic mass is 35.5. The van der Waals surface area contributed by atoms with Gasteiger partial charge in [-0.25, -0.2) is 0 Å². The van der Waals surface area contributed by atoms with Crippen molar-refractivity contribution in [2.24, 2.45) is 11.8 Å². The summed E-state index contributed by atoms with van der Waals surface area (Å²) in [6, 6.07) is 6.18. The predicted molar refractivity (Wildman–Crippen MR) is 144 cm³/mol. The van der Waals surface area contributed by atoms with E-state index in [1.165, 1.54) is 12.1 Å². The molecule has 4 rings (SSSR count). The summed E-state index contributed by atoms with van der Waals surface area (Å²) in [6.45, 7) is 4.08. The van der Waals surface area contributed by atoms with Crippen LogP contribution in [0.25, 0.3) is 0 Å². The molecule has 3 unspecified atom stereocenters. The smallest absolute Gasteiger partial charge is 0.150 e. The van der Waals surface area contributed by atoms with Gasteiger partial charge in [-0.05, 0) is 76.8 Å². The van der Waals surface area contributed by atoms with Gasteiger partial charge in [0.2, 0.25) is 0 Å². The van der Waals surface area contributed by atoms with Gasteiger partial charge in [-0.1, -0.05) is 46.4 Å². The Bertz CT molecular complexity index is 1090. The number of hydrogen-bond acceptors (Lipinski definition) is 6. The minimum atomic E-state index is -1.38. The van der Waals surface area contributed by atoms with Gasteiger partial charge in [0.1, 0.15) is 11.5 Å². The predicted octanol–water partition coefficient (Wildman–Crippen LogP) is 5.99. The molecule has 0 spiro atoms. The highest BCUT2D eigenvalue weighted by Gasteiger charge is 2.40. The van der Waals surface area contributed by atoms with Gasteiger partial charge in [-0.3, -0.25) is 5.32 Å². The Hall–Kier alpha value is -0.960. The Morgan fingerprint density at radius 2 is 1.61 bits per heavy atom. The zero-order valence-corrected chi connectivity index (χ0v) is 23.3. The van der Waals surface area contributed by atoms with Gasteiger partial charge in [0.15, 0.2) is 6.23 Å². The second-order valence-electron chi connectivity index (χ2n) is 10.1. The third kappa shape index (κ3) is 6.02. The van der Waals surface area contributed by atoms with Crippen molar-refractivity contribution in [3.05, 3.63) is 55.5 Å². The monoisotopic (exact) mass is 576 g/mol. The number of phenolic OH excluding ortho intramolecular Hbond substituents is 1. The van der Waals surface area contributed by atoms with E-state index in [2.05, 4.69) is 17.3 Å². The molecule has 2 fully saturated rings. The molecule has 0 saturated carbocycles. The van der Waals surface area contributed by atoms with E-state index >= 15 is 0 Å². The van der Waals surface area contributed by atoms with Gasteiger partial charge in [0.05, 0.1) is 31.8 Å². The fraction of sp³-hybridized carbons (Fsp3) is 0.538. The number of nitrogens with one attached hydrogen (secondary N) is 1. The van der Waals surface area contributed by atoms with Gasteiger partial charge in [-0.2, -0.15) is 0 Å². The molecule has 0 bridgehead atoms. The number of aromatic hydroxyl groups is 1. The number of halogens is 4. The number of rotatable bonds is 6. The van der Waals surface area contributed by atoms with E-state index in [0.29, 0.717) is 46.3 Å². The molecule has 2 heterocycles. The third-order valence-corrected chi connectivity index (χ3v) is 9.04. The van der Waals surface area contributed by atoms with E-state index in [0.717, 1.165) is 25.9 Å². The topological polar surface area (TPSA) is 85.2 Å². The average Bonchev–Trinajstić information content (AvgIpc) is 2.83. The highest BCUT2D eigenvalue weighted by Crippen LogP contribution is 2.44. The van der Waals surface area contributed by atoms with Gasteiger partial charge < -0.3 is 25.0 Å². The van der Waals surface area contributed by atoms with Crippen molar-refractivity contribution >= 4 is 46.4 Å². The molecule has 0 amide bonds. The molecule has 6 nitrogen and oxygen atoms in total. The fourth-order valence-electron chi connectivity index (χ4n) is 5.27. The van der Waals surface area contributed by atoms with Gasteiger partial charge in [0, 0.05) is 29.7 Å². The van der Waals surface area contributed by atoms with Gasteiger partial charge in [0.25, 0.3) is 0 Å². The molecule has 0 aromatic heterocycles. The minimum absolute atomic E-state index is 0.0891. The van der Waals surface area contributed by atoms with Crippen molar-refractivity contribution in [3.63, 3.8) is 0 Å². The molecular weight excluding hydrogens is 546 g/mol. The first-order chi connectivity index (χ1) is 17.0. The molecular formula is C26H32Cl4N2O4. The summed E-state index contributed by atoms with van der Waals surface area (Å²) >= 11 is 24.8. The molecule has 2 saturated heterocycles. The first-order valence-electron chi connectivity index (χ1n) is 12.1. The van der Waals surface area contributed by atoms with E-state index in [4.69, 9.17) is 51.1 Å². The van der Waals surface area contributed by atoms with E-state index in [1.807, 2.05) is 0 Å². The Labute approximate surface area is 232 Å². The molecule has 36 heavy (non-hydrogen) atoms. The van der Waals surface area contributed by atoms with Crippen LogP contribution < -0.4 is 10.1 Å². The molecule has 4 N–H and O–H groups in total. The van der Waals surface area contributed by atoms with Crippen LogP contribution in [0.2, 0.25) is 20.1 Å². The Morgan fingerprint density at radius 3 is 2.31 bits per heavy atom. The van der Waals surface area contributed by atoms with Gasteiger partial charge in [-0.15, -0.1) is 0 Å². The van der Waals surface area contributed by atoms with Crippen molar-refractivity contribution in [1.29, 1.82) is 0 Å². The Balaban J connectivity index is 1.55.